The number of carbonyl (C=O) groups excluding carboxylic acids is 4. The monoisotopic (exact) mass is 363 g/mol. The summed E-state index contributed by atoms with van der Waals surface area (Å²) in [5.41, 5.74) is 0.202. The molecule has 2 amide bonds. The van der Waals surface area contributed by atoms with Crippen LogP contribution >= 0.6 is 0 Å². The molecule has 6 heteroatoms. The highest BCUT2D eigenvalue weighted by atomic mass is 19.1. The third-order valence-corrected chi connectivity index (χ3v) is 4.23. The molecule has 1 fully saturated rings. The molecule has 0 bridgehead atoms. The molecule has 1 aliphatic rings. The molecule has 1 N–H and O–H groups in total. The second kappa shape index (κ2) is 9.36. The Bertz CT molecular complexity index is 710. The van der Waals surface area contributed by atoms with Gasteiger partial charge in [0.2, 0.25) is 5.91 Å². The summed E-state index contributed by atoms with van der Waals surface area (Å²) in [5, 5.41) is 1.92. The summed E-state index contributed by atoms with van der Waals surface area (Å²) in [6, 6.07) is 5.45. The Kier molecular flexibility index (Phi) is 7.80. The van der Waals surface area contributed by atoms with Gasteiger partial charge in [-0.05, 0) is 39.2 Å². The van der Waals surface area contributed by atoms with Crippen LogP contribution in [0.3, 0.4) is 0 Å². The Labute approximate surface area is 153 Å². The van der Waals surface area contributed by atoms with E-state index in [2.05, 4.69) is 6.92 Å². The number of ketones is 2. The van der Waals surface area contributed by atoms with Crippen molar-refractivity contribution in [2.75, 3.05) is 0 Å². The molecule has 5 nitrogen and oxygen atoms in total. The molecular formula is C20H26FNO4. The summed E-state index contributed by atoms with van der Waals surface area (Å²) in [7, 11) is 0. The molecule has 0 spiro atoms. The van der Waals surface area contributed by atoms with Crippen LogP contribution in [-0.2, 0) is 9.59 Å². The number of hydrogen-bond acceptors (Lipinski definition) is 4. The van der Waals surface area contributed by atoms with E-state index in [1.165, 1.54) is 13.8 Å². The molecule has 1 aromatic rings. The first-order chi connectivity index (χ1) is 12.1. The van der Waals surface area contributed by atoms with Gasteiger partial charge in [0.1, 0.15) is 0 Å². The number of piperidine rings is 1. The minimum atomic E-state index is -1.85. The quantitative estimate of drug-likeness (QED) is 0.639. The van der Waals surface area contributed by atoms with Crippen LogP contribution in [-0.4, -0.2) is 29.0 Å². The van der Waals surface area contributed by atoms with Crippen LogP contribution in [0, 0.1) is 6.92 Å². The average Bonchev–Trinajstić information content (AvgIpc) is 2.56. The maximum Gasteiger partial charge on any atom is 0.263 e. The van der Waals surface area contributed by atoms with Crippen LogP contribution < -0.4 is 5.32 Å². The zero-order valence-electron chi connectivity index (χ0n) is 15.8. The van der Waals surface area contributed by atoms with E-state index in [1.807, 2.05) is 24.4 Å². The molecule has 1 aliphatic heterocycles. The summed E-state index contributed by atoms with van der Waals surface area (Å²) in [4.78, 5) is 44.5. The topological polar surface area (TPSA) is 80.3 Å². The number of aryl methyl sites for hydroxylation is 1. The van der Waals surface area contributed by atoms with Gasteiger partial charge in [-0.2, -0.15) is 0 Å². The molecular weight excluding hydrogens is 337 g/mol. The first kappa shape index (κ1) is 21.7. The van der Waals surface area contributed by atoms with Gasteiger partial charge in [-0.3, -0.25) is 24.5 Å². The van der Waals surface area contributed by atoms with Crippen molar-refractivity contribution in [3.63, 3.8) is 0 Å². The number of rotatable bonds is 5. The van der Waals surface area contributed by atoms with Crippen LogP contribution in [0.25, 0.3) is 0 Å². The highest BCUT2D eigenvalue weighted by Gasteiger charge is 2.38. The van der Waals surface area contributed by atoms with Crippen molar-refractivity contribution < 1.29 is 23.6 Å². The SMILES string of the molecule is CC1(F)CCC(=O)NC1=O.CCCCC(=O)c1cccc(C)c1C(C)=O. The summed E-state index contributed by atoms with van der Waals surface area (Å²) >= 11 is 0. The van der Waals surface area contributed by atoms with Gasteiger partial charge in [-0.1, -0.05) is 31.5 Å². The third-order valence-electron chi connectivity index (χ3n) is 4.23. The second-order valence-electron chi connectivity index (χ2n) is 6.66. The molecule has 142 valence electrons. The average molecular weight is 363 g/mol. The second-order valence-corrected chi connectivity index (χ2v) is 6.66. The predicted molar refractivity (Wildman–Crippen MR) is 96.9 cm³/mol. The molecule has 1 atom stereocenters. The van der Waals surface area contributed by atoms with E-state index >= 15 is 0 Å². The van der Waals surface area contributed by atoms with Crippen molar-refractivity contribution in [1.29, 1.82) is 0 Å². The minimum Gasteiger partial charge on any atom is -0.294 e. The number of imide groups is 1. The maximum absolute atomic E-state index is 12.9. The van der Waals surface area contributed by atoms with Crippen molar-refractivity contribution >= 4 is 23.4 Å². The number of unbranched alkanes of at least 4 members (excludes halogenated alkanes) is 1. The Hall–Kier alpha value is -2.37. The molecule has 1 aromatic carbocycles. The van der Waals surface area contributed by atoms with Gasteiger partial charge >= 0.3 is 0 Å². The number of nitrogens with one attached hydrogen (secondary N) is 1. The van der Waals surface area contributed by atoms with Crippen LogP contribution in [0.4, 0.5) is 4.39 Å². The Balaban J connectivity index is 0.000000289. The number of benzene rings is 1. The van der Waals surface area contributed by atoms with Gasteiger partial charge in [0, 0.05) is 24.0 Å². The van der Waals surface area contributed by atoms with E-state index in [-0.39, 0.29) is 30.3 Å². The normalized spacial score (nSPS) is 19.3. The Morgan fingerprint density at radius 3 is 2.42 bits per heavy atom. The largest absolute Gasteiger partial charge is 0.294 e. The lowest BCUT2D eigenvalue weighted by Gasteiger charge is -2.22. The van der Waals surface area contributed by atoms with E-state index in [0.29, 0.717) is 17.5 Å². The molecule has 26 heavy (non-hydrogen) atoms. The first-order valence-electron chi connectivity index (χ1n) is 8.77. The Morgan fingerprint density at radius 1 is 1.27 bits per heavy atom. The molecule has 1 saturated heterocycles. The summed E-state index contributed by atoms with van der Waals surface area (Å²) in [6.45, 7) is 6.61. The fourth-order valence-electron chi connectivity index (χ4n) is 2.62. The van der Waals surface area contributed by atoms with Crippen LogP contribution in [0.15, 0.2) is 18.2 Å². The van der Waals surface area contributed by atoms with Gasteiger partial charge < -0.3 is 0 Å². The van der Waals surface area contributed by atoms with Gasteiger partial charge in [-0.15, -0.1) is 0 Å². The summed E-state index contributed by atoms with van der Waals surface area (Å²) in [5.74, 6) is -1.16. The van der Waals surface area contributed by atoms with Gasteiger partial charge in [0.05, 0.1) is 0 Å². The van der Waals surface area contributed by atoms with Gasteiger partial charge in [0.25, 0.3) is 5.91 Å². The van der Waals surface area contributed by atoms with Crippen molar-refractivity contribution in [3.8, 4) is 0 Å². The lowest BCUT2D eigenvalue weighted by Crippen LogP contribution is -2.48. The predicted octanol–water partition coefficient (Wildman–Crippen LogP) is 3.72. The minimum absolute atomic E-state index is 0.00231. The highest BCUT2D eigenvalue weighted by molar-refractivity contribution is 6.08. The lowest BCUT2D eigenvalue weighted by atomic mass is 9.94. The number of amides is 2. The van der Waals surface area contributed by atoms with Crippen molar-refractivity contribution in [2.45, 2.75) is 65.5 Å². The zero-order chi connectivity index (χ0) is 19.9. The van der Waals surface area contributed by atoms with Gasteiger partial charge in [-0.25, -0.2) is 4.39 Å². The standard InChI is InChI=1S/C14H18O2.C6H8FNO2/c1-4-5-9-13(16)12-8-6-7-10(2)14(12)11(3)15;1-6(7)3-2-4(9)8-5(6)10/h6-8H,4-5,9H2,1-3H3;2-3H2,1H3,(H,8,9,10). The molecule has 0 aromatic heterocycles. The number of alkyl halides is 1. The van der Waals surface area contributed by atoms with E-state index in [4.69, 9.17) is 0 Å². The maximum atomic E-state index is 12.9. The molecule has 1 unspecified atom stereocenters. The smallest absolute Gasteiger partial charge is 0.263 e. The fourth-order valence-corrected chi connectivity index (χ4v) is 2.62. The van der Waals surface area contributed by atoms with Crippen molar-refractivity contribution in [2.24, 2.45) is 0 Å². The number of Topliss-reactive ketones (excluding diaryl/α,β-unsaturated/α-hetero) is 2. The molecule has 0 radical (unpaired) electrons. The van der Waals surface area contributed by atoms with Gasteiger partial charge in [0.15, 0.2) is 17.2 Å². The molecule has 0 aliphatic carbocycles. The third kappa shape index (κ3) is 5.86. The van der Waals surface area contributed by atoms with E-state index < -0.39 is 11.6 Å². The van der Waals surface area contributed by atoms with Crippen molar-refractivity contribution in [3.05, 3.63) is 34.9 Å². The first-order valence-corrected chi connectivity index (χ1v) is 8.77. The molecule has 2 rings (SSSR count). The highest BCUT2D eigenvalue weighted by Crippen LogP contribution is 2.21. The number of halogens is 1. The summed E-state index contributed by atoms with van der Waals surface area (Å²) < 4.78 is 12.9. The van der Waals surface area contributed by atoms with Crippen molar-refractivity contribution in [1.82, 2.24) is 5.32 Å². The zero-order valence-corrected chi connectivity index (χ0v) is 15.8. The van der Waals surface area contributed by atoms with E-state index in [1.54, 1.807) is 6.07 Å². The number of carbonyl (C=O) groups is 4. The van der Waals surface area contributed by atoms with Crippen LogP contribution in [0.1, 0.15) is 79.2 Å². The van der Waals surface area contributed by atoms with Crippen LogP contribution in [0.5, 0.6) is 0 Å². The van der Waals surface area contributed by atoms with E-state index in [0.717, 1.165) is 18.4 Å². The van der Waals surface area contributed by atoms with E-state index in [9.17, 15) is 23.6 Å². The lowest BCUT2D eigenvalue weighted by molar-refractivity contribution is -0.142. The summed E-state index contributed by atoms with van der Waals surface area (Å²) in [6.07, 6.45) is 2.49. The fraction of sp³-hybridized carbons (Fsp3) is 0.500. The Morgan fingerprint density at radius 2 is 1.92 bits per heavy atom. The van der Waals surface area contributed by atoms with Crippen LogP contribution in [0.2, 0.25) is 0 Å². The number of hydrogen-bond donors (Lipinski definition) is 1. The molecule has 1 heterocycles. The molecule has 0 saturated carbocycles.